The van der Waals surface area contributed by atoms with E-state index in [9.17, 15) is 4.79 Å². The predicted octanol–water partition coefficient (Wildman–Crippen LogP) is 1.09. The van der Waals surface area contributed by atoms with Gasteiger partial charge in [-0.2, -0.15) is 0 Å². The second-order valence-corrected chi connectivity index (χ2v) is 6.29. The van der Waals surface area contributed by atoms with Gasteiger partial charge < -0.3 is 19.7 Å². The average Bonchev–Trinajstić information content (AvgIpc) is 2.56. The van der Waals surface area contributed by atoms with Crippen molar-refractivity contribution in [1.29, 1.82) is 0 Å². The van der Waals surface area contributed by atoms with Crippen molar-refractivity contribution in [1.82, 2.24) is 15.1 Å². The van der Waals surface area contributed by atoms with E-state index in [0.29, 0.717) is 41.8 Å². The fourth-order valence-electron chi connectivity index (χ4n) is 2.74. The summed E-state index contributed by atoms with van der Waals surface area (Å²) in [5.41, 5.74) is 0.498. The van der Waals surface area contributed by atoms with E-state index < -0.39 is 0 Å². The first kappa shape index (κ1) is 16.4. The molecular weight excluding hydrogens is 318 g/mol. The molecule has 1 aromatic carbocycles. The molecule has 7 heteroatoms. The molecule has 0 unspecified atom stereocenters. The number of ether oxygens (including phenoxy) is 2. The maximum atomic E-state index is 12.3. The number of hydrogen-bond acceptors (Lipinski definition) is 5. The molecule has 1 amide bonds. The number of fused-ring (bicyclic) bond motifs is 1. The van der Waals surface area contributed by atoms with E-state index in [2.05, 4.69) is 22.2 Å². The molecule has 6 nitrogen and oxygen atoms in total. The van der Waals surface area contributed by atoms with Gasteiger partial charge in [0.15, 0.2) is 11.5 Å². The molecule has 0 aromatic heterocycles. The normalized spacial score (nSPS) is 18.7. The first-order chi connectivity index (χ1) is 11.1. The highest BCUT2D eigenvalue weighted by Gasteiger charge is 2.19. The summed E-state index contributed by atoms with van der Waals surface area (Å²) in [5.74, 6) is 0.915. The lowest BCUT2D eigenvalue weighted by Gasteiger charge is -2.32. The van der Waals surface area contributed by atoms with Crippen LogP contribution in [0.15, 0.2) is 12.1 Å². The standard InChI is InChI=1S/C16H22ClN3O3/c1-19-4-6-20(7-5-19)3-2-18-16(21)12-10-13(17)15-14(11-12)22-8-9-23-15/h10-11H,2-9H2,1H3,(H,18,21). The Hall–Kier alpha value is -1.50. The SMILES string of the molecule is CN1CCN(CCNC(=O)c2cc(Cl)c3c(c2)OCCO3)CC1. The van der Waals surface area contributed by atoms with E-state index in [0.717, 1.165) is 32.7 Å². The average molecular weight is 340 g/mol. The first-order valence-corrected chi connectivity index (χ1v) is 8.29. The molecule has 126 valence electrons. The molecule has 1 aromatic rings. The summed E-state index contributed by atoms with van der Waals surface area (Å²) < 4.78 is 11.0. The zero-order valence-electron chi connectivity index (χ0n) is 13.3. The van der Waals surface area contributed by atoms with Gasteiger partial charge in [0.05, 0.1) is 5.02 Å². The number of benzene rings is 1. The topological polar surface area (TPSA) is 54.0 Å². The van der Waals surface area contributed by atoms with Gasteiger partial charge in [0.2, 0.25) is 0 Å². The van der Waals surface area contributed by atoms with E-state index in [1.54, 1.807) is 12.1 Å². The second-order valence-electron chi connectivity index (χ2n) is 5.88. The fraction of sp³-hybridized carbons (Fsp3) is 0.562. The van der Waals surface area contributed by atoms with Crippen LogP contribution in [0.2, 0.25) is 5.02 Å². The van der Waals surface area contributed by atoms with E-state index in [1.807, 2.05) is 0 Å². The van der Waals surface area contributed by atoms with E-state index in [-0.39, 0.29) is 5.91 Å². The van der Waals surface area contributed by atoms with E-state index in [4.69, 9.17) is 21.1 Å². The van der Waals surface area contributed by atoms with Crippen LogP contribution in [0.4, 0.5) is 0 Å². The molecule has 23 heavy (non-hydrogen) atoms. The number of hydrogen-bond donors (Lipinski definition) is 1. The Bertz CT molecular complexity index is 574. The van der Waals surface area contributed by atoms with Gasteiger partial charge in [0, 0.05) is 44.8 Å². The Morgan fingerprint density at radius 3 is 2.74 bits per heavy atom. The molecule has 0 saturated carbocycles. The quantitative estimate of drug-likeness (QED) is 0.890. The van der Waals surface area contributed by atoms with Crippen LogP contribution < -0.4 is 14.8 Å². The van der Waals surface area contributed by atoms with Crippen molar-refractivity contribution in [3.05, 3.63) is 22.7 Å². The molecule has 0 atom stereocenters. The minimum absolute atomic E-state index is 0.141. The van der Waals surface area contributed by atoms with Gasteiger partial charge in [-0.1, -0.05) is 11.6 Å². The Labute approximate surface area is 141 Å². The maximum Gasteiger partial charge on any atom is 0.251 e. The van der Waals surface area contributed by atoms with Crippen LogP contribution >= 0.6 is 11.6 Å². The molecule has 0 aliphatic carbocycles. The number of nitrogens with zero attached hydrogens (tertiary/aromatic N) is 2. The van der Waals surface area contributed by atoms with Gasteiger partial charge in [-0.3, -0.25) is 9.69 Å². The Morgan fingerprint density at radius 2 is 1.96 bits per heavy atom. The zero-order chi connectivity index (χ0) is 16.2. The third kappa shape index (κ3) is 4.07. The van der Waals surface area contributed by atoms with Crippen LogP contribution in [0.5, 0.6) is 11.5 Å². The Kier molecular flexibility index (Phi) is 5.25. The lowest BCUT2D eigenvalue weighted by Crippen LogP contribution is -2.46. The van der Waals surface area contributed by atoms with Crippen molar-refractivity contribution < 1.29 is 14.3 Å². The summed E-state index contributed by atoms with van der Waals surface area (Å²) >= 11 is 6.16. The molecule has 0 bridgehead atoms. The second kappa shape index (κ2) is 7.38. The summed E-state index contributed by atoms with van der Waals surface area (Å²) in [5, 5.41) is 3.35. The molecule has 0 spiro atoms. The number of piperazine rings is 1. The van der Waals surface area contributed by atoms with Crippen LogP contribution in [-0.2, 0) is 0 Å². The van der Waals surface area contributed by atoms with Crippen molar-refractivity contribution in [2.24, 2.45) is 0 Å². The molecule has 1 fully saturated rings. The number of carbonyl (C=O) groups excluding carboxylic acids is 1. The predicted molar refractivity (Wildman–Crippen MR) is 88.7 cm³/mol. The molecule has 2 aliphatic heterocycles. The van der Waals surface area contributed by atoms with Crippen molar-refractivity contribution in [2.75, 3.05) is 59.5 Å². The van der Waals surface area contributed by atoms with Gasteiger partial charge in [0.1, 0.15) is 13.2 Å². The monoisotopic (exact) mass is 339 g/mol. The highest BCUT2D eigenvalue weighted by Crippen LogP contribution is 2.38. The highest BCUT2D eigenvalue weighted by molar-refractivity contribution is 6.32. The summed E-state index contributed by atoms with van der Waals surface area (Å²) in [6.45, 7) is 6.66. The third-order valence-corrected chi connectivity index (χ3v) is 4.45. The Morgan fingerprint density at radius 1 is 1.22 bits per heavy atom. The van der Waals surface area contributed by atoms with Crippen LogP contribution in [0.1, 0.15) is 10.4 Å². The van der Waals surface area contributed by atoms with Crippen LogP contribution in [0.3, 0.4) is 0 Å². The van der Waals surface area contributed by atoms with Crippen molar-refractivity contribution in [2.45, 2.75) is 0 Å². The highest BCUT2D eigenvalue weighted by atomic mass is 35.5. The molecular formula is C16H22ClN3O3. The third-order valence-electron chi connectivity index (χ3n) is 4.17. The zero-order valence-corrected chi connectivity index (χ0v) is 14.1. The molecule has 3 rings (SSSR count). The van der Waals surface area contributed by atoms with Crippen molar-refractivity contribution in [3.8, 4) is 11.5 Å². The number of nitrogens with one attached hydrogen (secondary N) is 1. The molecule has 0 radical (unpaired) electrons. The number of amides is 1. The summed E-state index contributed by atoms with van der Waals surface area (Å²) in [4.78, 5) is 17.0. The lowest BCUT2D eigenvalue weighted by atomic mass is 10.1. The summed E-state index contributed by atoms with van der Waals surface area (Å²) in [7, 11) is 2.13. The van der Waals surface area contributed by atoms with Crippen LogP contribution in [0, 0.1) is 0 Å². The van der Waals surface area contributed by atoms with Crippen molar-refractivity contribution >= 4 is 17.5 Å². The molecule has 2 heterocycles. The van der Waals surface area contributed by atoms with E-state index >= 15 is 0 Å². The molecule has 1 N–H and O–H groups in total. The minimum Gasteiger partial charge on any atom is -0.486 e. The largest absolute Gasteiger partial charge is 0.486 e. The van der Waals surface area contributed by atoms with Gasteiger partial charge in [-0.05, 0) is 19.2 Å². The van der Waals surface area contributed by atoms with E-state index in [1.165, 1.54) is 0 Å². The number of rotatable bonds is 4. The van der Waals surface area contributed by atoms with Crippen LogP contribution in [-0.4, -0.2) is 75.2 Å². The first-order valence-electron chi connectivity index (χ1n) is 7.92. The smallest absolute Gasteiger partial charge is 0.251 e. The number of halogens is 1. The fourth-order valence-corrected chi connectivity index (χ4v) is 3.01. The number of likely N-dealkylation sites (N-methyl/N-ethyl adjacent to an activating group) is 1. The Balaban J connectivity index is 1.53. The van der Waals surface area contributed by atoms with Crippen LogP contribution in [0.25, 0.3) is 0 Å². The summed E-state index contributed by atoms with van der Waals surface area (Å²) in [6, 6.07) is 3.31. The van der Waals surface area contributed by atoms with Gasteiger partial charge in [-0.15, -0.1) is 0 Å². The maximum absolute atomic E-state index is 12.3. The van der Waals surface area contributed by atoms with Gasteiger partial charge in [-0.25, -0.2) is 0 Å². The summed E-state index contributed by atoms with van der Waals surface area (Å²) in [6.07, 6.45) is 0. The minimum atomic E-state index is -0.141. The number of carbonyl (C=O) groups is 1. The lowest BCUT2D eigenvalue weighted by molar-refractivity contribution is 0.0940. The van der Waals surface area contributed by atoms with Gasteiger partial charge in [0.25, 0.3) is 5.91 Å². The van der Waals surface area contributed by atoms with Gasteiger partial charge >= 0.3 is 0 Å². The molecule has 1 saturated heterocycles. The van der Waals surface area contributed by atoms with Crippen molar-refractivity contribution in [3.63, 3.8) is 0 Å². The molecule has 2 aliphatic rings.